The van der Waals surface area contributed by atoms with Crippen molar-refractivity contribution in [3.63, 3.8) is 0 Å². The molecule has 5 nitrogen and oxygen atoms in total. The molecule has 0 atom stereocenters. The highest BCUT2D eigenvalue weighted by Gasteiger charge is 2.11. The third-order valence-corrected chi connectivity index (χ3v) is 2.84. The summed E-state index contributed by atoms with van der Waals surface area (Å²) in [6.45, 7) is 6.55. The van der Waals surface area contributed by atoms with Gasteiger partial charge in [-0.25, -0.2) is 19.1 Å². The smallest absolute Gasteiger partial charge is 0.335 e. The van der Waals surface area contributed by atoms with Crippen molar-refractivity contribution in [1.82, 2.24) is 5.48 Å². The van der Waals surface area contributed by atoms with Gasteiger partial charge in [0.1, 0.15) is 0 Å². The van der Waals surface area contributed by atoms with Crippen LogP contribution in [-0.4, -0.2) is 5.97 Å². The van der Waals surface area contributed by atoms with Crippen molar-refractivity contribution < 1.29 is 28.2 Å². The number of rotatable bonds is 7. The number of carbonyl (C=O) groups excluding carboxylic acids is 1. The fraction of sp³-hybridized carbons (Fsp3) is 0. The zero-order chi connectivity index (χ0) is 17.5. The SMILES string of the molecule is C=CNOOc1ccc(-c2ccc(OC(=O)C=C)c(F)c2)cc1F. The summed E-state index contributed by atoms with van der Waals surface area (Å²) in [6.07, 6.45) is 2.13. The maximum Gasteiger partial charge on any atom is 0.335 e. The Balaban J connectivity index is 2.20. The topological polar surface area (TPSA) is 56.8 Å². The van der Waals surface area contributed by atoms with Crippen LogP contribution in [-0.2, 0) is 9.78 Å². The number of nitrogens with one attached hydrogen (secondary N) is 1. The number of hydrogen-bond acceptors (Lipinski definition) is 5. The van der Waals surface area contributed by atoms with Gasteiger partial charge >= 0.3 is 5.97 Å². The van der Waals surface area contributed by atoms with Gasteiger partial charge in [-0.2, -0.15) is 0 Å². The van der Waals surface area contributed by atoms with E-state index in [2.05, 4.69) is 28.5 Å². The minimum absolute atomic E-state index is 0.162. The van der Waals surface area contributed by atoms with Crippen LogP contribution in [0, 0.1) is 11.6 Å². The molecule has 0 saturated heterocycles. The number of carbonyl (C=O) groups is 1. The lowest BCUT2D eigenvalue weighted by Gasteiger charge is -2.08. The molecule has 0 radical (unpaired) electrons. The Hall–Kier alpha value is -3.19. The Morgan fingerprint density at radius 1 is 1.00 bits per heavy atom. The van der Waals surface area contributed by atoms with E-state index in [1.54, 1.807) is 0 Å². The summed E-state index contributed by atoms with van der Waals surface area (Å²) >= 11 is 0. The van der Waals surface area contributed by atoms with Gasteiger partial charge in [-0.15, -0.1) is 0 Å². The number of halogens is 2. The average molecular weight is 333 g/mol. The third kappa shape index (κ3) is 4.17. The maximum absolute atomic E-state index is 14.0. The van der Waals surface area contributed by atoms with E-state index < -0.39 is 17.6 Å². The summed E-state index contributed by atoms with van der Waals surface area (Å²) in [4.78, 5) is 20.2. The lowest BCUT2D eigenvalue weighted by Crippen LogP contribution is -2.10. The molecule has 0 amide bonds. The quantitative estimate of drug-likeness (QED) is 0.209. The van der Waals surface area contributed by atoms with Gasteiger partial charge in [0.25, 0.3) is 0 Å². The normalized spacial score (nSPS) is 9.92. The van der Waals surface area contributed by atoms with Crippen molar-refractivity contribution in [3.8, 4) is 22.6 Å². The summed E-state index contributed by atoms with van der Waals surface area (Å²) in [7, 11) is 0. The highest BCUT2D eigenvalue weighted by molar-refractivity contribution is 5.83. The summed E-state index contributed by atoms with van der Waals surface area (Å²) in [5.74, 6) is -2.65. The van der Waals surface area contributed by atoms with Crippen LogP contribution >= 0.6 is 0 Å². The number of ether oxygens (including phenoxy) is 1. The number of hydroxylamine groups is 1. The lowest BCUT2D eigenvalue weighted by molar-refractivity contribution is -0.247. The molecule has 24 heavy (non-hydrogen) atoms. The van der Waals surface area contributed by atoms with Gasteiger partial charge in [0.05, 0.1) is 0 Å². The second kappa shape index (κ2) is 7.89. The number of hydrogen-bond donors (Lipinski definition) is 1. The molecular formula is C17H13F2NO4. The Bertz CT molecular complexity index is 777. The summed E-state index contributed by atoms with van der Waals surface area (Å²) < 4.78 is 32.6. The van der Waals surface area contributed by atoms with Crippen LogP contribution in [0.5, 0.6) is 11.5 Å². The van der Waals surface area contributed by atoms with Crippen molar-refractivity contribution >= 4 is 5.97 Å². The van der Waals surface area contributed by atoms with Gasteiger partial charge in [-0.05, 0) is 35.4 Å². The first kappa shape index (κ1) is 17.2. The van der Waals surface area contributed by atoms with Crippen molar-refractivity contribution in [3.05, 3.63) is 73.5 Å². The Morgan fingerprint density at radius 2 is 1.58 bits per heavy atom. The van der Waals surface area contributed by atoms with Crippen LogP contribution in [0.1, 0.15) is 0 Å². The van der Waals surface area contributed by atoms with E-state index >= 15 is 0 Å². The van der Waals surface area contributed by atoms with Gasteiger partial charge in [0.2, 0.25) is 5.75 Å². The molecular weight excluding hydrogens is 320 g/mol. The standard InChI is InChI=1S/C17H13F2NO4/c1-3-17(21)22-15-7-5-11(9-13(15)18)12-6-8-16(14(19)10-12)23-24-20-4-2/h3-10,20H,1-2H2. The average Bonchev–Trinajstić information content (AvgIpc) is 2.58. The van der Waals surface area contributed by atoms with Crippen LogP contribution in [0.15, 0.2) is 61.8 Å². The van der Waals surface area contributed by atoms with E-state index in [9.17, 15) is 13.6 Å². The minimum Gasteiger partial charge on any atom is -0.420 e. The van der Waals surface area contributed by atoms with Crippen LogP contribution in [0.4, 0.5) is 8.78 Å². The molecule has 0 bridgehead atoms. The van der Waals surface area contributed by atoms with Gasteiger partial charge in [-0.1, -0.05) is 30.3 Å². The number of benzene rings is 2. The Labute approximate surface area is 136 Å². The van der Waals surface area contributed by atoms with Crippen molar-refractivity contribution in [2.24, 2.45) is 0 Å². The fourth-order valence-corrected chi connectivity index (χ4v) is 1.76. The van der Waals surface area contributed by atoms with Gasteiger partial charge in [0, 0.05) is 12.3 Å². The molecule has 0 aliphatic rings. The molecule has 124 valence electrons. The van der Waals surface area contributed by atoms with E-state index in [1.807, 2.05) is 0 Å². The van der Waals surface area contributed by atoms with E-state index in [1.165, 1.54) is 30.5 Å². The molecule has 0 spiro atoms. The van der Waals surface area contributed by atoms with Crippen molar-refractivity contribution in [2.45, 2.75) is 0 Å². The molecule has 2 aromatic carbocycles. The highest BCUT2D eigenvalue weighted by atomic mass is 19.1. The fourth-order valence-electron chi connectivity index (χ4n) is 1.76. The van der Waals surface area contributed by atoms with E-state index in [0.29, 0.717) is 11.1 Å². The van der Waals surface area contributed by atoms with Crippen LogP contribution in [0.3, 0.4) is 0 Å². The molecule has 0 aromatic heterocycles. The molecule has 0 unspecified atom stereocenters. The molecule has 0 fully saturated rings. The summed E-state index contributed by atoms with van der Waals surface area (Å²) in [6, 6.07) is 7.86. The molecule has 0 saturated carbocycles. The summed E-state index contributed by atoms with van der Waals surface area (Å²) in [5.41, 5.74) is 2.97. The first-order valence-corrected chi connectivity index (χ1v) is 6.69. The molecule has 7 heteroatoms. The van der Waals surface area contributed by atoms with Crippen LogP contribution in [0.25, 0.3) is 11.1 Å². The van der Waals surface area contributed by atoms with E-state index in [0.717, 1.165) is 18.2 Å². The zero-order valence-electron chi connectivity index (χ0n) is 12.4. The third-order valence-electron chi connectivity index (χ3n) is 2.84. The van der Waals surface area contributed by atoms with Crippen molar-refractivity contribution in [1.29, 1.82) is 0 Å². The van der Waals surface area contributed by atoms with Gasteiger partial charge in [0.15, 0.2) is 17.4 Å². The Morgan fingerprint density at radius 3 is 2.08 bits per heavy atom. The molecule has 0 aliphatic carbocycles. The Kier molecular flexibility index (Phi) is 5.64. The molecule has 0 aliphatic heterocycles. The van der Waals surface area contributed by atoms with Gasteiger partial charge in [-0.3, -0.25) is 0 Å². The first-order chi connectivity index (χ1) is 11.5. The lowest BCUT2D eigenvalue weighted by atomic mass is 10.0. The van der Waals surface area contributed by atoms with E-state index in [4.69, 9.17) is 4.74 Å². The van der Waals surface area contributed by atoms with Crippen LogP contribution < -0.4 is 15.1 Å². The highest BCUT2D eigenvalue weighted by Crippen LogP contribution is 2.29. The summed E-state index contributed by atoms with van der Waals surface area (Å²) in [5, 5.41) is 0. The second-order valence-corrected chi connectivity index (χ2v) is 4.40. The zero-order valence-corrected chi connectivity index (χ0v) is 12.4. The molecule has 0 heterocycles. The second-order valence-electron chi connectivity index (χ2n) is 4.40. The largest absolute Gasteiger partial charge is 0.420 e. The monoisotopic (exact) mass is 333 g/mol. The molecule has 2 aromatic rings. The minimum atomic E-state index is -0.776. The van der Waals surface area contributed by atoms with Crippen molar-refractivity contribution in [2.75, 3.05) is 0 Å². The maximum atomic E-state index is 14.0. The number of esters is 1. The van der Waals surface area contributed by atoms with Gasteiger partial charge < -0.3 is 9.62 Å². The molecule has 1 N–H and O–H groups in total. The predicted molar refractivity (Wildman–Crippen MR) is 82.7 cm³/mol. The van der Waals surface area contributed by atoms with Crippen LogP contribution in [0.2, 0.25) is 0 Å². The van der Waals surface area contributed by atoms with E-state index in [-0.39, 0.29) is 11.5 Å². The molecule has 2 rings (SSSR count). The predicted octanol–water partition coefficient (Wildman–Crippen LogP) is 3.68. The first-order valence-electron chi connectivity index (χ1n) is 6.69.